The van der Waals surface area contributed by atoms with Crippen molar-refractivity contribution in [2.45, 2.75) is 408 Å². The second kappa shape index (κ2) is 39.9. The molecule has 0 amide bonds. The van der Waals surface area contributed by atoms with Gasteiger partial charge in [0.1, 0.15) is 0 Å². The van der Waals surface area contributed by atoms with E-state index >= 15 is 0 Å². The maximum atomic E-state index is 13.2. The van der Waals surface area contributed by atoms with Gasteiger partial charge in [0.15, 0.2) is 28.9 Å². The summed E-state index contributed by atoms with van der Waals surface area (Å²) in [5.41, 5.74) is 3.00. The maximum Gasteiger partial charge on any atom is 0.157 e. The summed E-state index contributed by atoms with van der Waals surface area (Å²) in [6.07, 6.45) is 71.4. The van der Waals surface area contributed by atoms with Crippen LogP contribution in [0.3, 0.4) is 0 Å². The molecule has 20 heteroatoms. The first-order chi connectivity index (χ1) is 68.7. The highest BCUT2D eigenvalue weighted by Gasteiger charge is 2.66. The van der Waals surface area contributed by atoms with Crippen LogP contribution in [0.4, 0.5) is 0 Å². The van der Waals surface area contributed by atoms with Crippen LogP contribution in [0.5, 0.6) is 0 Å². The van der Waals surface area contributed by atoms with Crippen LogP contribution in [0.15, 0.2) is 127 Å². The summed E-state index contributed by atoms with van der Waals surface area (Å²) in [4.78, 5) is 65.8. The van der Waals surface area contributed by atoms with Gasteiger partial charge in [0, 0.05) is 91.6 Å². The minimum atomic E-state index is -0.546. The van der Waals surface area contributed by atoms with Gasteiger partial charge in [-0.1, -0.05) is 97.3 Å². The number of aromatic nitrogens is 10. The average molecular weight is 1970 g/mol. The van der Waals surface area contributed by atoms with Crippen molar-refractivity contribution < 1.29 is 49.5 Å². The number of rotatable bonds is 16. The number of hydrogen-bond acceptors (Lipinski definition) is 15. The van der Waals surface area contributed by atoms with E-state index in [0.717, 1.165) is 193 Å². The summed E-state index contributed by atoms with van der Waals surface area (Å²) < 4.78 is 8.96. The SMILES string of the molecule is CC[C@@]1(O)CC[C@H]2C(=CC[C@@H]3[C@@H]2CC[C@]2(C)[C@@H](C(=O)Cn4cccn4)CC[C@@H]32)C1.C[C@@H]1C[C@H]2C(=CC[C@@H]3[C@@H]2CC[C@]2(C)[C@@H](C(=O)Cn4cccn4)CC[C@@H]32)C[C@]1(C)O.C[C@@H]1C[C@H]2[C@@H](CC[C@@H]3[C@@H]2CC[C@]2(C)[C@@H](C(=O)Cn4cccn4)CC[C@@H]32)C[C@]1(C)O.C[C@@H]1C[C@H]2[C@H](CC[C@@H]3[C@@H]2CC[C@]2(C)[C@@H](C(=O)Cn4cccn4)CC[C@@H]32)C[C@]1(C)O.C[C@@]1(O)CC[C@H]2C(=CC[C@@H]3[C@@H]2CC[C@]2(C)[C@@H](C(=O)Cn4cccn4)CC[C@@H]32)C1. The highest BCUT2D eigenvalue weighted by Crippen LogP contribution is 2.72. The maximum absolute atomic E-state index is 13.2. The normalized spacial score (nSPS) is 46.7. The largest absolute Gasteiger partial charge is 0.390 e. The van der Waals surface area contributed by atoms with E-state index in [0.29, 0.717) is 139 Å². The Morgan fingerprint density at radius 2 is 0.590 bits per heavy atom. The van der Waals surface area contributed by atoms with Crippen molar-refractivity contribution in [3.8, 4) is 0 Å². The molecule has 0 aromatic carbocycles. The summed E-state index contributed by atoms with van der Waals surface area (Å²) in [5, 5.41) is 75.0. The number of aliphatic hydroxyl groups is 5. The first-order valence-electron chi connectivity index (χ1n) is 58.9. The number of hydrogen-bond donors (Lipinski definition) is 5. The van der Waals surface area contributed by atoms with E-state index < -0.39 is 28.0 Å². The third-order valence-electron chi connectivity index (χ3n) is 48.4. The summed E-state index contributed by atoms with van der Waals surface area (Å²) >= 11 is 0. The number of nitrogens with zero attached hydrogens (tertiary/aromatic N) is 10. The van der Waals surface area contributed by atoms with Crippen molar-refractivity contribution in [3.63, 3.8) is 0 Å². The molecule has 0 aliphatic heterocycles. The lowest BCUT2D eigenvalue weighted by Crippen LogP contribution is -2.53. The molecule has 25 rings (SSSR count). The van der Waals surface area contributed by atoms with E-state index in [4.69, 9.17) is 0 Å². The predicted molar refractivity (Wildman–Crippen MR) is 560 cm³/mol. The Morgan fingerprint density at radius 1 is 0.299 bits per heavy atom. The molecule has 5 aromatic heterocycles. The fourth-order valence-corrected chi connectivity index (χ4v) is 40.2. The predicted octanol–water partition coefficient (Wildman–Crippen LogP) is 23.2. The summed E-state index contributed by atoms with van der Waals surface area (Å²) in [6.45, 7) is 31.3. The minimum Gasteiger partial charge on any atom is -0.390 e. The van der Waals surface area contributed by atoms with Crippen molar-refractivity contribution in [2.24, 2.45) is 205 Å². The monoisotopic (exact) mass is 1970 g/mol. The van der Waals surface area contributed by atoms with Crippen molar-refractivity contribution >= 4 is 28.9 Å². The lowest BCUT2D eigenvalue weighted by Gasteiger charge is -2.58. The van der Waals surface area contributed by atoms with Gasteiger partial charge in [0.25, 0.3) is 0 Å². The van der Waals surface area contributed by atoms with E-state index in [1.54, 1.807) is 60.0 Å². The zero-order chi connectivity index (χ0) is 101. The van der Waals surface area contributed by atoms with Crippen LogP contribution >= 0.6 is 0 Å². The van der Waals surface area contributed by atoms with Crippen LogP contribution in [-0.2, 0) is 56.7 Å². The van der Waals surface area contributed by atoms with Crippen LogP contribution < -0.4 is 0 Å². The van der Waals surface area contributed by atoms with Crippen molar-refractivity contribution in [1.82, 2.24) is 48.9 Å². The third-order valence-corrected chi connectivity index (χ3v) is 48.4. The molecule has 20 aliphatic carbocycles. The number of allylic oxidation sites excluding steroid dienone is 3. The van der Waals surface area contributed by atoms with Gasteiger partial charge in [-0.25, -0.2) is 0 Å². The van der Waals surface area contributed by atoms with E-state index in [2.05, 4.69) is 120 Å². The lowest BCUT2D eigenvalue weighted by atomic mass is 9.48. The summed E-state index contributed by atoms with van der Waals surface area (Å²) in [7, 11) is 0. The Labute approximate surface area is 861 Å². The quantitative estimate of drug-likeness (QED) is 0.0575. The van der Waals surface area contributed by atoms with Crippen LogP contribution in [0.25, 0.3) is 0 Å². The molecule has 788 valence electrons. The van der Waals surface area contributed by atoms with Gasteiger partial charge in [0.05, 0.1) is 60.7 Å². The minimum absolute atomic E-state index is 0.155. The van der Waals surface area contributed by atoms with Crippen molar-refractivity contribution in [2.75, 3.05) is 0 Å². The molecular formula is C124H182N10O10. The fourth-order valence-electron chi connectivity index (χ4n) is 40.2. The van der Waals surface area contributed by atoms with Gasteiger partial charge in [-0.15, -0.1) is 0 Å². The molecule has 5 N–H and O–H groups in total. The summed E-state index contributed by atoms with van der Waals surface area (Å²) in [6, 6.07) is 9.49. The van der Waals surface area contributed by atoms with Gasteiger partial charge in [-0.05, 0) is 490 Å². The molecule has 0 saturated heterocycles. The molecule has 144 heavy (non-hydrogen) atoms. The zero-order valence-corrected chi connectivity index (χ0v) is 90.3. The Morgan fingerprint density at radius 3 is 0.910 bits per heavy atom. The first-order valence-corrected chi connectivity index (χ1v) is 58.9. The standard InChI is InChI=1S/2C25H38N2O2.2C25H36N2O2.C24H34N2O2/c3*1-16-13-20-17(14-25(16,3)29)5-6-19-18(20)9-10-24(2)21(19)7-8-22(24)23(28)15-27-12-4-11-26-27;1-3-25(29)12-10-18-17(15-25)5-6-20-19(18)9-11-24(2)21(20)7-8-22(24)23(28)16-27-14-4-13-26-27;1-23(28)10-8-17-16(14-23)4-5-19-18(17)9-11-24(2)20(19)6-7-21(24)22(27)15-26-13-3-12-25-26/h2*4,11-12,16-22,29H,5-10,13-15H2,1-3H3;4-5,11-12,16,18-22,29H,6-10,13-15H2,1-3H3;4-5,13-14,18-22,29H,3,6-12,15-16H2,1-2H3;3-4,12-13,17-21,28H,5-11,14-15H2,1-2H3/t16-,17+,18+,19-,20+,21+,22-,24+,25+;16-,17-,18+,19-,20+,21+,22-,24+,25+;16-,18+,19-,20+,21+,22-,24+,25+;18-,19+,20+,21-,22+,24-,25+;17-,18+,19+,20-,21+,23+,24-/m11100/s1. The molecule has 20 aliphatic rings. The number of ketones is 5. The highest BCUT2D eigenvalue weighted by atomic mass is 16.3. The molecule has 5 heterocycles. The third kappa shape index (κ3) is 19.0. The lowest BCUT2D eigenvalue weighted by molar-refractivity contribution is -0.137. The Bertz CT molecular complexity index is 5290. The van der Waals surface area contributed by atoms with Gasteiger partial charge < -0.3 is 25.5 Å². The van der Waals surface area contributed by atoms with E-state index in [-0.39, 0.29) is 56.7 Å². The van der Waals surface area contributed by atoms with Crippen LogP contribution in [-0.4, -0.2) is 131 Å². The number of fused-ring (bicyclic) bond motifs is 25. The Kier molecular flexibility index (Phi) is 28.6. The number of carbonyl (C=O) groups is 5. The fraction of sp³-hybridized carbons (Fsp3) is 0.790. The van der Waals surface area contributed by atoms with Crippen LogP contribution in [0.2, 0.25) is 0 Å². The second-order valence-electron chi connectivity index (χ2n) is 55.3. The highest BCUT2D eigenvalue weighted by molar-refractivity contribution is 5.84. The van der Waals surface area contributed by atoms with Crippen molar-refractivity contribution in [3.05, 3.63) is 127 Å². The molecule has 0 spiro atoms. The average Bonchev–Trinajstić information content (AvgIpc) is 1.55. The van der Waals surface area contributed by atoms with Crippen molar-refractivity contribution in [1.29, 1.82) is 0 Å². The topological polar surface area (TPSA) is 276 Å². The molecule has 17 fully saturated rings. The van der Waals surface area contributed by atoms with E-state index in [1.165, 1.54) is 146 Å². The summed E-state index contributed by atoms with van der Waals surface area (Å²) in [5.74, 6) is 20.4. The first kappa shape index (κ1) is 103. The van der Waals surface area contributed by atoms with E-state index in [9.17, 15) is 49.5 Å². The van der Waals surface area contributed by atoms with Crippen LogP contribution in [0, 0.1) is 205 Å². The molecule has 17 saturated carbocycles. The second-order valence-corrected chi connectivity index (χ2v) is 55.3. The Hall–Kier alpha value is -6.58. The Balaban J connectivity index is 0.000000106. The van der Waals surface area contributed by atoms with Gasteiger partial charge >= 0.3 is 0 Å². The van der Waals surface area contributed by atoms with Gasteiger partial charge in [0.2, 0.25) is 0 Å². The zero-order valence-electron chi connectivity index (χ0n) is 90.3. The molecule has 5 aromatic rings. The molecule has 0 radical (unpaired) electrons. The van der Waals surface area contributed by atoms with Gasteiger partial charge in [-0.3, -0.25) is 47.4 Å². The smallest absolute Gasteiger partial charge is 0.157 e. The molecule has 40 atom stereocenters. The van der Waals surface area contributed by atoms with Crippen LogP contribution in [0.1, 0.15) is 347 Å². The molecule has 0 bridgehead atoms. The molecule has 0 unspecified atom stereocenters. The molecule has 20 nitrogen and oxygen atoms in total. The number of Topliss-reactive ketones (excluding diaryl/α,β-unsaturated/α-hetero) is 5. The van der Waals surface area contributed by atoms with Gasteiger partial charge in [-0.2, -0.15) is 25.5 Å². The molecular weight excluding hydrogens is 1790 g/mol. The van der Waals surface area contributed by atoms with E-state index in [1.807, 2.05) is 75.2 Å². The number of carbonyl (C=O) groups excluding carboxylic acids is 5.